The van der Waals surface area contributed by atoms with Gasteiger partial charge in [0.15, 0.2) is 0 Å². The molecule has 20 heavy (non-hydrogen) atoms. The van der Waals surface area contributed by atoms with Crippen molar-refractivity contribution in [3.05, 3.63) is 46.8 Å². The zero-order valence-electron chi connectivity index (χ0n) is 12.1. The molecule has 106 valence electrons. The average molecular weight is 272 g/mol. The van der Waals surface area contributed by atoms with Crippen molar-refractivity contribution in [3.8, 4) is 0 Å². The summed E-state index contributed by atoms with van der Waals surface area (Å²) in [5, 5.41) is 12.9. The van der Waals surface area contributed by atoms with Crippen LogP contribution in [0.2, 0.25) is 0 Å². The molecule has 0 fully saturated rings. The van der Waals surface area contributed by atoms with Crippen LogP contribution in [0.3, 0.4) is 0 Å². The molecule has 2 aromatic rings. The van der Waals surface area contributed by atoms with E-state index in [4.69, 9.17) is 0 Å². The summed E-state index contributed by atoms with van der Waals surface area (Å²) in [5.41, 5.74) is 4.63. The van der Waals surface area contributed by atoms with Crippen LogP contribution in [-0.2, 0) is 6.54 Å². The van der Waals surface area contributed by atoms with E-state index in [1.807, 2.05) is 39.0 Å². The third kappa shape index (κ3) is 3.17. The number of aryl methyl sites for hydroxylation is 2. The summed E-state index contributed by atoms with van der Waals surface area (Å²) < 4.78 is 0. The second-order valence-corrected chi connectivity index (χ2v) is 4.78. The molecule has 0 saturated carbocycles. The highest BCUT2D eigenvalue weighted by molar-refractivity contribution is 5.99. The van der Waals surface area contributed by atoms with Crippen LogP contribution >= 0.6 is 0 Å². The van der Waals surface area contributed by atoms with Gasteiger partial charge in [-0.2, -0.15) is 5.10 Å². The standard InChI is InChI=1S/C15H20N4O/c1-4-16-14-7-10(2)5-6-13(14)15(20)17-8-12-9-18-19-11(12)3/h5-7,9,16H,4,8H2,1-3H3,(H,17,20)(H,18,19). The Morgan fingerprint density at radius 1 is 1.35 bits per heavy atom. The van der Waals surface area contributed by atoms with E-state index in [2.05, 4.69) is 20.8 Å². The predicted molar refractivity (Wildman–Crippen MR) is 79.8 cm³/mol. The molecular weight excluding hydrogens is 252 g/mol. The number of hydrogen-bond acceptors (Lipinski definition) is 3. The Morgan fingerprint density at radius 2 is 2.15 bits per heavy atom. The van der Waals surface area contributed by atoms with E-state index in [0.717, 1.165) is 29.1 Å². The molecule has 1 aromatic heterocycles. The number of rotatable bonds is 5. The Bertz CT molecular complexity index is 604. The number of amides is 1. The summed E-state index contributed by atoms with van der Waals surface area (Å²) >= 11 is 0. The van der Waals surface area contributed by atoms with Gasteiger partial charge in [-0.3, -0.25) is 9.89 Å². The summed E-state index contributed by atoms with van der Waals surface area (Å²) in [4.78, 5) is 12.3. The third-order valence-corrected chi connectivity index (χ3v) is 3.16. The maximum Gasteiger partial charge on any atom is 0.253 e. The van der Waals surface area contributed by atoms with Gasteiger partial charge in [0.2, 0.25) is 0 Å². The lowest BCUT2D eigenvalue weighted by Crippen LogP contribution is -2.24. The number of benzene rings is 1. The van der Waals surface area contributed by atoms with Crippen molar-refractivity contribution in [2.24, 2.45) is 0 Å². The van der Waals surface area contributed by atoms with Crippen LogP contribution in [0.1, 0.15) is 34.1 Å². The minimum Gasteiger partial charge on any atom is -0.385 e. The fraction of sp³-hybridized carbons (Fsp3) is 0.333. The third-order valence-electron chi connectivity index (χ3n) is 3.16. The number of nitrogens with one attached hydrogen (secondary N) is 3. The van der Waals surface area contributed by atoms with Crippen LogP contribution in [-0.4, -0.2) is 22.6 Å². The van der Waals surface area contributed by atoms with E-state index in [1.165, 1.54) is 0 Å². The highest BCUT2D eigenvalue weighted by Gasteiger charge is 2.11. The first kappa shape index (κ1) is 14.1. The lowest BCUT2D eigenvalue weighted by Gasteiger charge is -2.12. The monoisotopic (exact) mass is 272 g/mol. The zero-order chi connectivity index (χ0) is 14.5. The highest BCUT2D eigenvalue weighted by Crippen LogP contribution is 2.17. The summed E-state index contributed by atoms with van der Waals surface area (Å²) in [6.45, 7) is 7.21. The first-order valence-corrected chi connectivity index (χ1v) is 6.73. The van der Waals surface area contributed by atoms with Gasteiger partial charge in [-0.1, -0.05) is 6.07 Å². The van der Waals surface area contributed by atoms with Crippen LogP contribution in [0.25, 0.3) is 0 Å². The van der Waals surface area contributed by atoms with E-state index in [0.29, 0.717) is 12.1 Å². The number of aromatic nitrogens is 2. The Morgan fingerprint density at radius 3 is 2.80 bits per heavy atom. The molecule has 0 atom stereocenters. The van der Waals surface area contributed by atoms with Gasteiger partial charge in [-0.25, -0.2) is 0 Å². The number of carbonyl (C=O) groups excluding carboxylic acids is 1. The summed E-state index contributed by atoms with van der Waals surface area (Å²) in [5.74, 6) is -0.0819. The number of anilines is 1. The van der Waals surface area contributed by atoms with Crippen molar-refractivity contribution >= 4 is 11.6 Å². The van der Waals surface area contributed by atoms with Gasteiger partial charge in [-0.05, 0) is 38.5 Å². The number of carbonyl (C=O) groups is 1. The molecule has 0 aliphatic heterocycles. The van der Waals surface area contributed by atoms with Crippen molar-refractivity contribution < 1.29 is 4.79 Å². The molecule has 0 saturated heterocycles. The second-order valence-electron chi connectivity index (χ2n) is 4.78. The SMILES string of the molecule is CCNc1cc(C)ccc1C(=O)NCc1cn[nH]c1C. The molecule has 0 spiro atoms. The van der Waals surface area contributed by atoms with E-state index in [-0.39, 0.29) is 5.91 Å². The molecule has 1 aromatic carbocycles. The smallest absolute Gasteiger partial charge is 0.253 e. The van der Waals surface area contributed by atoms with Gasteiger partial charge >= 0.3 is 0 Å². The predicted octanol–water partition coefficient (Wildman–Crippen LogP) is 2.39. The summed E-state index contributed by atoms with van der Waals surface area (Å²) in [6.07, 6.45) is 1.73. The van der Waals surface area contributed by atoms with E-state index in [9.17, 15) is 4.79 Å². The van der Waals surface area contributed by atoms with Crippen molar-refractivity contribution in [3.63, 3.8) is 0 Å². The minimum absolute atomic E-state index is 0.0819. The molecule has 2 rings (SSSR count). The summed E-state index contributed by atoms with van der Waals surface area (Å²) in [7, 11) is 0. The first-order chi connectivity index (χ1) is 9.61. The van der Waals surface area contributed by atoms with Gasteiger partial charge in [0.25, 0.3) is 5.91 Å². The lowest BCUT2D eigenvalue weighted by molar-refractivity contribution is 0.0951. The maximum absolute atomic E-state index is 12.3. The Kier molecular flexibility index (Phi) is 4.40. The molecule has 1 heterocycles. The normalized spacial score (nSPS) is 10.3. The van der Waals surface area contributed by atoms with Gasteiger partial charge in [-0.15, -0.1) is 0 Å². The molecule has 0 bridgehead atoms. The fourth-order valence-electron chi connectivity index (χ4n) is 2.02. The largest absolute Gasteiger partial charge is 0.385 e. The van der Waals surface area contributed by atoms with Gasteiger partial charge in [0, 0.05) is 30.0 Å². The fourth-order valence-corrected chi connectivity index (χ4v) is 2.02. The van der Waals surface area contributed by atoms with Gasteiger partial charge < -0.3 is 10.6 Å². The minimum atomic E-state index is -0.0819. The Balaban J connectivity index is 2.11. The van der Waals surface area contributed by atoms with Crippen LogP contribution in [0.4, 0.5) is 5.69 Å². The molecule has 5 nitrogen and oxygen atoms in total. The van der Waals surface area contributed by atoms with E-state index < -0.39 is 0 Å². The van der Waals surface area contributed by atoms with Gasteiger partial charge in [0.1, 0.15) is 0 Å². The van der Waals surface area contributed by atoms with Crippen LogP contribution in [0.5, 0.6) is 0 Å². The molecular formula is C15H20N4O. The molecule has 3 N–H and O–H groups in total. The molecule has 0 aliphatic rings. The van der Waals surface area contributed by atoms with E-state index >= 15 is 0 Å². The molecule has 0 unspecified atom stereocenters. The molecule has 1 amide bonds. The number of H-pyrrole nitrogens is 1. The summed E-state index contributed by atoms with van der Waals surface area (Å²) in [6, 6.07) is 5.78. The van der Waals surface area contributed by atoms with Crippen LogP contribution in [0.15, 0.2) is 24.4 Å². The van der Waals surface area contributed by atoms with Crippen LogP contribution in [0, 0.1) is 13.8 Å². The molecule has 0 aliphatic carbocycles. The quantitative estimate of drug-likeness (QED) is 0.782. The second kappa shape index (κ2) is 6.23. The van der Waals surface area contributed by atoms with Crippen molar-refractivity contribution in [2.75, 3.05) is 11.9 Å². The topological polar surface area (TPSA) is 69.8 Å². The number of hydrogen-bond donors (Lipinski definition) is 3. The van der Waals surface area contributed by atoms with Crippen LogP contribution < -0.4 is 10.6 Å². The lowest BCUT2D eigenvalue weighted by atomic mass is 10.1. The Hall–Kier alpha value is -2.30. The maximum atomic E-state index is 12.3. The first-order valence-electron chi connectivity index (χ1n) is 6.73. The van der Waals surface area contributed by atoms with Crippen molar-refractivity contribution in [1.29, 1.82) is 0 Å². The van der Waals surface area contributed by atoms with Crippen molar-refractivity contribution in [2.45, 2.75) is 27.3 Å². The van der Waals surface area contributed by atoms with E-state index in [1.54, 1.807) is 6.20 Å². The highest BCUT2D eigenvalue weighted by atomic mass is 16.1. The zero-order valence-corrected chi connectivity index (χ0v) is 12.1. The van der Waals surface area contributed by atoms with Crippen molar-refractivity contribution in [1.82, 2.24) is 15.5 Å². The average Bonchev–Trinajstić information content (AvgIpc) is 2.82. The number of aromatic amines is 1. The number of nitrogens with zero attached hydrogens (tertiary/aromatic N) is 1. The molecule has 5 heteroatoms. The molecule has 0 radical (unpaired) electrons. The van der Waals surface area contributed by atoms with Gasteiger partial charge in [0.05, 0.1) is 11.8 Å². The Labute approximate surface area is 118 Å².